The fourth-order valence-corrected chi connectivity index (χ4v) is 0.905. The lowest BCUT2D eigenvalue weighted by molar-refractivity contribution is 0.611. The lowest BCUT2D eigenvalue weighted by Gasteiger charge is -1.95. The van der Waals surface area contributed by atoms with Gasteiger partial charge >= 0.3 is 0 Å². The summed E-state index contributed by atoms with van der Waals surface area (Å²) in [6.45, 7) is 9.11. The van der Waals surface area contributed by atoms with Crippen molar-refractivity contribution in [2.45, 2.75) is 51.9 Å². The van der Waals surface area contributed by atoms with Crippen LogP contribution in [0.5, 0.6) is 0 Å². The molecule has 0 heteroatoms. The van der Waals surface area contributed by atoms with Crippen molar-refractivity contribution in [3.63, 3.8) is 0 Å². The smallest absolute Gasteiger partial charge is 0.00936 e. The van der Waals surface area contributed by atoms with Gasteiger partial charge in [0.2, 0.25) is 0 Å². The Morgan fingerprint density at radius 1 is 0.889 bits per heavy atom. The van der Waals surface area contributed by atoms with Crippen LogP contribution in [0.4, 0.5) is 0 Å². The van der Waals surface area contributed by atoms with Gasteiger partial charge in [-0.3, -0.25) is 0 Å². The SMILES string of the molecule is [C]CCCCCCCC. The first-order chi connectivity index (χ1) is 4.41. The Morgan fingerprint density at radius 2 is 1.44 bits per heavy atom. The first-order valence-electron chi connectivity index (χ1n) is 4.06. The largest absolute Gasteiger partial charge is 0.0654 e. The zero-order valence-electron chi connectivity index (χ0n) is 6.45. The van der Waals surface area contributed by atoms with Gasteiger partial charge in [-0.2, -0.15) is 0 Å². The average Bonchev–Trinajstić information content (AvgIpc) is 1.89. The summed E-state index contributed by atoms with van der Waals surface area (Å²) < 4.78 is 0. The summed E-state index contributed by atoms with van der Waals surface area (Å²) in [5.41, 5.74) is 0. The summed E-state index contributed by atoms with van der Waals surface area (Å²) in [4.78, 5) is 0. The third-order valence-corrected chi connectivity index (χ3v) is 1.53. The van der Waals surface area contributed by atoms with E-state index in [2.05, 4.69) is 6.92 Å². The summed E-state index contributed by atoms with van der Waals surface area (Å²) in [7, 11) is 0. The third-order valence-electron chi connectivity index (χ3n) is 1.53. The normalized spacial score (nSPS) is 10.0. The van der Waals surface area contributed by atoms with E-state index in [-0.39, 0.29) is 0 Å². The molecule has 0 nitrogen and oxygen atoms in total. The highest BCUT2D eigenvalue weighted by atomic mass is 13.9. The zero-order chi connectivity index (χ0) is 6.95. The van der Waals surface area contributed by atoms with Crippen LogP contribution < -0.4 is 0 Å². The van der Waals surface area contributed by atoms with E-state index in [1.165, 1.54) is 32.1 Å². The van der Waals surface area contributed by atoms with Crippen molar-refractivity contribution in [2.24, 2.45) is 0 Å². The maximum Gasteiger partial charge on any atom is -0.00936 e. The van der Waals surface area contributed by atoms with Gasteiger partial charge in [0.05, 0.1) is 0 Å². The minimum Gasteiger partial charge on any atom is -0.0654 e. The Morgan fingerprint density at radius 3 is 2.00 bits per heavy atom. The van der Waals surface area contributed by atoms with Crippen molar-refractivity contribution in [1.82, 2.24) is 0 Å². The molecule has 0 spiro atoms. The van der Waals surface area contributed by atoms with E-state index >= 15 is 0 Å². The Balaban J connectivity index is 2.60. The van der Waals surface area contributed by atoms with Crippen LogP contribution in [0, 0.1) is 6.92 Å². The molecule has 3 radical (unpaired) electrons. The highest BCUT2D eigenvalue weighted by Gasteiger charge is 1.85. The fourth-order valence-electron chi connectivity index (χ4n) is 0.905. The molecule has 0 aliphatic rings. The van der Waals surface area contributed by atoms with Crippen LogP contribution >= 0.6 is 0 Å². The molecule has 9 heavy (non-hydrogen) atoms. The average molecular weight is 125 g/mol. The number of unbranched alkanes of at least 4 members (excludes halogenated alkanes) is 6. The zero-order valence-corrected chi connectivity index (χ0v) is 6.45. The molecular weight excluding hydrogens is 108 g/mol. The topological polar surface area (TPSA) is 0 Å². The van der Waals surface area contributed by atoms with Gasteiger partial charge in [-0.1, -0.05) is 45.4 Å². The van der Waals surface area contributed by atoms with E-state index in [9.17, 15) is 0 Å². The van der Waals surface area contributed by atoms with Gasteiger partial charge in [-0.25, -0.2) is 0 Å². The number of hydrogen-bond acceptors (Lipinski definition) is 0. The molecule has 0 aliphatic heterocycles. The van der Waals surface area contributed by atoms with Crippen LogP contribution in [0.15, 0.2) is 0 Å². The lowest BCUT2D eigenvalue weighted by Crippen LogP contribution is -1.76. The minimum absolute atomic E-state index is 0.617. The Hall–Kier alpha value is 0. The highest BCUT2D eigenvalue weighted by molar-refractivity contribution is 4.44. The van der Waals surface area contributed by atoms with Crippen LogP contribution in [0.1, 0.15) is 51.9 Å². The van der Waals surface area contributed by atoms with Crippen molar-refractivity contribution < 1.29 is 0 Å². The number of hydrogen-bond donors (Lipinski definition) is 0. The van der Waals surface area contributed by atoms with Crippen LogP contribution in [-0.4, -0.2) is 0 Å². The second kappa shape index (κ2) is 8.00. The third kappa shape index (κ3) is 8.00. The quantitative estimate of drug-likeness (QED) is 0.478. The molecule has 0 aromatic rings. The highest BCUT2D eigenvalue weighted by Crippen LogP contribution is 2.05. The monoisotopic (exact) mass is 125 g/mol. The maximum absolute atomic E-state index is 6.88. The van der Waals surface area contributed by atoms with Crippen LogP contribution in [0.2, 0.25) is 0 Å². The first kappa shape index (κ1) is 9.00. The van der Waals surface area contributed by atoms with Gasteiger partial charge in [0.25, 0.3) is 0 Å². The first-order valence-corrected chi connectivity index (χ1v) is 4.06. The van der Waals surface area contributed by atoms with E-state index in [4.69, 9.17) is 6.92 Å². The molecule has 0 saturated carbocycles. The molecule has 0 unspecified atom stereocenters. The van der Waals surface area contributed by atoms with Crippen LogP contribution in [0.3, 0.4) is 0 Å². The summed E-state index contributed by atoms with van der Waals surface area (Å²) in [6, 6.07) is 0. The van der Waals surface area contributed by atoms with E-state index in [0.717, 1.165) is 6.42 Å². The molecule has 0 N–H and O–H groups in total. The molecule has 53 valence electrons. The molecule has 0 aromatic carbocycles. The van der Waals surface area contributed by atoms with Crippen LogP contribution in [-0.2, 0) is 0 Å². The van der Waals surface area contributed by atoms with Crippen molar-refractivity contribution >= 4 is 0 Å². The van der Waals surface area contributed by atoms with Gasteiger partial charge < -0.3 is 0 Å². The van der Waals surface area contributed by atoms with E-state index in [1.54, 1.807) is 0 Å². The molecule has 0 heterocycles. The van der Waals surface area contributed by atoms with Gasteiger partial charge in [0.15, 0.2) is 0 Å². The van der Waals surface area contributed by atoms with Gasteiger partial charge in [0.1, 0.15) is 0 Å². The van der Waals surface area contributed by atoms with E-state index < -0.39 is 0 Å². The second-order valence-electron chi connectivity index (χ2n) is 2.52. The van der Waals surface area contributed by atoms with E-state index in [0.29, 0.717) is 6.42 Å². The predicted octanol–water partition coefficient (Wildman–Crippen LogP) is 3.33. The molecule has 0 saturated heterocycles. The minimum atomic E-state index is 0.617. The summed E-state index contributed by atoms with van der Waals surface area (Å²) in [5.74, 6) is 0. The molecule has 0 amide bonds. The summed E-state index contributed by atoms with van der Waals surface area (Å²) in [5, 5.41) is 0. The van der Waals surface area contributed by atoms with Crippen molar-refractivity contribution in [3.8, 4) is 0 Å². The Labute approximate surface area is 59.7 Å². The standard InChI is InChI=1S/C9H17/c1-3-5-7-9-8-6-4-2/h3-9H2,1H3. The maximum atomic E-state index is 6.88. The fraction of sp³-hybridized carbons (Fsp3) is 0.889. The molecule has 0 bridgehead atoms. The summed E-state index contributed by atoms with van der Waals surface area (Å²) in [6.07, 6.45) is 8.39. The Kier molecular flexibility index (Phi) is 8.00. The Bertz CT molecular complexity index is 33.3. The molecule has 0 rings (SSSR count). The predicted molar refractivity (Wildman–Crippen MR) is 41.2 cm³/mol. The van der Waals surface area contributed by atoms with Crippen molar-refractivity contribution in [1.29, 1.82) is 0 Å². The lowest BCUT2D eigenvalue weighted by atomic mass is 10.1. The molecular formula is C9H17. The van der Waals surface area contributed by atoms with Gasteiger partial charge in [-0.05, 0) is 13.3 Å². The molecule has 0 atom stereocenters. The van der Waals surface area contributed by atoms with Gasteiger partial charge in [-0.15, -0.1) is 0 Å². The van der Waals surface area contributed by atoms with E-state index in [1.807, 2.05) is 0 Å². The van der Waals surface area contributed by atoms with Crippen molar-refractivity contribution in [3.05, 3.63) is 6.92 Å². The molecule has 0 aliphatic carbocycles. The van der Waals surface area contributed by atoms with Gasteiger partial charge in [0, 0.05) is 0 Å². The molecule has 0 aromatic heterocycles. The second-order valence-corrected chi connectivity index (χ2v) is 2.52. The summed E-state index contributed by atoms with van der Waals surface area (Å²) >= 11 is 0. The van der Waals surface area contributed by atoms with Crippen molar-refractivity contribution in [2.75, 3.05) is 0 Å². The molecule has 0 fully saturated rings. The van der Waals surface area contributed by atoms with Crippen LogP contribution in [0.25, 0.3) is 0 Å². The number of rotatable bonds is 6.